The van der Waals surface area contributed by atoms with Crippen molar-refractivity contribution in [2.24, 2.45) is 32.7 Å². The Bertz CT molecular complexity index is 1860. The molecular weight excluding hydrogens is 793 g/mol. The molecule has 330 valence electrons. The molecule has 9 atom stereocenters. The number of carbonyl (C=O) groups excluding carboxylic acids is 5. The van der Waals surface area contributed by atoms with Gasteiger partial charge in [-0.1, -0.05) is 99.6 Å². The SMILES string of the molecule is CC(C)[C@@H]1NC(=O)[C@@H]2[C@H](C)CCN2C(=O)CN=C(N[C@H](C(=O)N[C@H](C(=O)NC(CC(=O)O)C2=N[C@H](C(=O)O)CS2)[C@@H](C)c2ccccc2)C(C)(C)C)[C@H](C(C)(C)C)NC1=O. The summed E-state index contributed by atoms with van der Waals surface area (Å²) in [7, 11) is 0. The third kappa shape index (κ3) is 11.8. The molecule has 7 N–H and O–H groups in total. The van der Waals surface area contributed by atoms with Crippen LogP contribution in [-0.2, 0) is 33.6 Å². The van der Waals surface area contributed by atoms with Crippen molar-refractivity contribution in [3.8, 4) is 0 Å². The maximum Gasteiger partial charge on any atom is 0.329 e. The van der Waals surface area contributed by atoms with Crippen LogP contribution in [-0.4, -0.2) is 129 Å². The van der Waals surface area contributed by atoms with E-state index >= 15 is 0 Å². The first-order valence-corrected chi connectivity index (χ1v) is 21.4. The highest BCUT2D eigenvalue weighted by Gasteiger charge is 2.44. The zero-order valence-electron chi connectivity index (χ0n) is 36.2. The van der Waals surface area contributed by atoms with Crippen molar-refractivity contribution < 1.29 is 43.8 Å². The van der Waals surface area contributed by atoms with Gasteiger partial charge in [0, 0.05) is 18.2 Å². The number of nitrogens with one attached hydrogen (secondary N) is 5. The number of amidine groups is 1. The first-order chi connectivity index (χ1) is 27.9. The molecule has 5 amide bonds. The van der Waals surface area contributed by atoms with E-state index in [4.69, 9.17) is 4.99 Å². The predicted molar refractivity (Wildman–Crippen MR) is 228 cm³/mol. The van der Waals surface area contributed by atoms with Gasteiger partial charge in [-0.2, -0.15) is 0 Å². The Morgan fingerprint density at radius 2 is 1.58 bits per heavy atom. The number of benzene rings is 1. The maximum atomic E-state index is 14.8. The number of amides is 5. The third-order valence-electron chi connectivity index (χ3n) is 11.1. The number of fused-ring (bicyclic) bond motifs is 1. The Morgan fingerprint density at radius 1 is 0.933 bits per heavy atom. The summed E-state index contributed by atoms with van der Waals surface area (Å²) in [4.78, 5) is 105. The van der Waals surface area contributed by atoms with Crippen LogP contribution in [0, 0.1) is 22.7 Å². The quantitative estimate of drug-likeness (QED) is 0.161. The summed E-state index contributed by atoms with van der Waals surface area (Å²) in [6, 6.07) is 1.70. The van der Waals surface area contributed by atoms with Gasteiger partial charge in [-0.25, -0.2) is 4.79 Å². The highest BCUT2D eigenvalue weighted by molar-refractivity contribution is 8.14. The molecule has 1 aromatic rings. The molecule has 3 aliphatic rings. The van der Waals surface area contributed by atoms with E-state index in [2.05, 4.69) is 31.6 Å². The summed E-state index contributed by atoms with van der Waals surface area (Å²) in [5, 5.41) is 34.3. The fourth-order valence-corrected chi connectivity index (χ4v) is 8.65. The van der Waals surface area contributed by atoms with Gasteiger partial charge >= 0.3 is 11.9 Å². The molecule has 0 spiro atoms. The molecule has 3 aliphatic heterocycles. The standard InChI is InChI=1S/C42H62N8O9S/c1-21(2)29-35(54)49-32(41(5,6)7)34(43-19-27(51)50-17-16-22(3)31(50)37(56)46-29)48-33(42(8,9)10)38(57)47-30(23(4)24-14-12-11-13-15-24)36(55)44-25(18-28(52)53)39-45-26(20-60-39)40(58)59/h11-15,21-23,25-26,29-33H,16-20H2,1-10H3,(H,43,48)(H,44,55)(H,46,56)(H,47,57)(H,49,54)(H,52,53)(H,58,59)/t22-,23+,25?,26+,29+,30+,31+,32-,33-/m1/s1. The van der Waals surface area contributed by atoms with Crippen LogP contribution < -0.4 is 26.6 Å². The molecule has 17 nitrogen and oxygen atoms in total. The Balaban J connectivity index is 1.76. The molecule has 0 radical (unpaired) electrons. The van der Waals surface area contributed by atoms with E-state index in [9.17, 15) is 43.8 Å². The second kappa shape index (κ2) is 19.6. The molecule has 0 bridgehead atoms. The number of carboxylic acids is 2. The number of aliphatic imine (C=N–C) groups is 2. The van der Waals surface area contributed by atoms with Crippen LogP contribution >= 0.6 is 11.8 Å². The van der Waals surface area contributed by atoms with Crippen LogP contribution in [0.1, 0.15) is 93.6 Å². The average molecular weight is 855 g/mol. The Morgan fingerprint density at radius 3 is 2.13 bits per heavy atom. The summed E-state index contributed by atoms with van der Waals surface area (Å²) in [6.07, 6.45) is 0.0183. The van der Waals surface area contributed by atoms with Gasteiger partial charge < -0.3 is 41.7 Å². The molecular formula is C42H62N8O9S. The Kier molecular flexibility index (Phi) is 15.6. The predicted octanol–water partition coefficient (Wildman–Crippen LogP) is 2.16. The van der Waals surface area contributed by atoms with Gasteiger partial charge in [0.05, 0.1) is 23.5 Å². The largest absolute Gasteiger partial charge is 0.481 e. The second-order valence-corrected chi connectivity index (χ2v) is 19.5. The van der Waals surface area contributed by atoms with E-state index < -0.39 is 101 Å². The minimum absolute atomic E-state index is 0.0756. The van der Waals surface area contributed by atoms with E-state index in [0.717, 1.165) is 11.8 Å². The summed E-state index contributed by atoms with van der Waals surface area (Å²) < 4.78 is 0. The fraction of sp³-hybridized carbons (Fsp3) is 0.643. The summed E-state index contributed by atoms with van der Waals surface area (Å²) in [5.41, 5.74) is -0.917. The lowest BCUT2D eigenvalue weighted by Gasteiger charge is -2.39. The lowest BCUT2D eigenvalue weighted by atomic mass is 9.82. The van der Waals surface area contributed by atoms with Crippen LogP contribution in [0.15, 0.2) is 40.3 Å². The molecule has 60 heavy (non-hydrogen) atoms. The van der Waals surface area contributed by atoms with Crippen molar-refractivity contribution in [1.82, 2.24) is 31.5 Å². The van der Waals surface area contributed by atoms with Gasteiger partial charge in [0.1, 0.15) is 36.5 Å². The first kappa shape index (κ1) is 47.7. The van der Waals surface area contributed by atoms with Gasteiger partial charge in [-0.15, -0.1) is 11.8 Å². The minimum Gasteiger partial charge on any atom is -0.481 e. The Hall–Kier alpha value is -5.00. The molecule has 3 heterocycles. The summed E-state index contributed by atoms with van der Waals surface area (Å²) >= 11 is 1.05. The van der Waals surface area contributed by atoms with Gasteiger partial charge in [0.25, 0.3) is 0 Å². The number of hydrogen-bond acceptors (Lipinski definition) is 11. The summed E-state index contributed by atoms with van der Waals surface area (Å²) in [5.74, 6) is -5.91. The highest BCUT2D eigenvalue weighted by Crippen LogP contribution is 2.29. The molecule has 0 aliphatic carbocycles. The number of aliphatic carboxylic acids is 2. The topological polar surface area (TPSA) is 248 Å². The number of rotatable bonds is 12. The number of hydrogen-bond donors (Lipinski definition) is 7. The third-order valence-corrected chi connectivity index (χ3v) is 12.3. The van der Waals surface area contributed by atoms with Gasteiger partial charge in [-0.3, -0.25) is 38.8 Å². The first-order valence-electron chi connectivity index (χ1n) is 20.4. The highest BCUT2D eigenvalue weighted by atomic mass is 32.2. The molecule has 0 saturated carbocycles. The van der Waals surface area contributed by atoms with Crippen molar-refractivity contribution in [3.05, 3.63) is 35.9 Å². The number of nitrogens with zero attached hydrogens (tertiary/aromatic N) is 3. The maximum absolute atomic E-state index is 14.8. The lowest BCUT2D eigenvalue weighted by molar-refractivity contribution is -0.140. The van der Waals surface area contributed by atoms with Crippen molar-refractivity contribution in [3.63, 3.8) is 0 Å². The summed E-state index contributed by atoms with van der Waals surface area (Å²) in [6.45, 7) is 18.3. The number of thioether (sulfide) groups is 1. The number of carboxylic acid groups (broad SMARTS) is 2. The van der Waals surface area contributed by atoms with Gasteiger partial charge in [0.15, 0.2) is 6.04 Å². The molecule has 1 saturated heterocycles. The van der Waals surface area contributed by atoms with Crippen molar-refractivity contribution >= 4 is 64.1 Å². The molecule has 1 unspecified atom stereocenters. The molecule has 1 aromatic carbocycles. The molecule has 0 aromatic heterocycles. The number of carbonyl (C=O) groups is 7. The van der Waals surface area contributed by atoms with Crippen molar-refractivity contribution in [2.45, 2.75) is 130 Å². The van der Waals surface area contributed by atoms with Crippen LogP contribution in [0.25, 0.3) is 0 Å². The van der Waals surface area contributed by atoms with E-state index in [-0.39, 0.29) is 40.9 Å². The van der Waals surface area contributed by atoms with E-state index in [1.807, 2.05) is 62.3 Å². The second-order valence-electron chi connectivity index (χ2n) is 18.5. The van der Waals surface area contributed by atoms with Crippen LogP contribution in [0.4, 0.5) is 0 Å². The van der Waals surface area contributed by atoms with E-state index in [0.29, 0.717) is 18.5 Å². The zero-order valence-corrected chi connectivity index (χ0v) is 37.0. The van der Waals surface area contributed by atoms with Crippen LogP contribution in [0.5, 0.6) is 0 Å². The van der Waals surface area contributed by atoms with E-state index in [1.165, 1.54) is 4.90 Å². The monoisotopic (exact) mass is 854 g/mol. The van der Waals surface area contributed by atoms with E-state index in [1.54, 1.807) is 37.3 Å². The lowest BCUT2D eigenvalue weighted by Crippen LogP contribution is -2.65. The fourth-order valence-electron chi connectivity index (χ4n) is 7.56. The molecule has 4 rings (SSSR count). The molecule has 18 heteroatoms. The average Bonchev–Trinajstić information content (AvgIpc) is 3.81. The van der Waals surface area contributed by atoms with Crippen molar-refractivity contribution in [1.29, 1.82) is 0 Å². The minimum atomic E-state index is -1.27. The molecule has 1 fully saturated rings. The van der Waals surface area contributed by atoms with Gasteiger partial charge in [-0.05, 0) is 34.7 Å². The van der Waals surface area contributed by atoms with Gasteiger partial charge in [0.2, 0.25) is 29.5 Å². The zero-order chi connectivity index (χ0) is 44.9. The van der Waals surface area contributed by atoms with Crippen molar-refractivity contribution in [2.75, 3.05) is 18.8 Å². The van der Waals surface area contributed by atoms with Crippen LogP contribution in [0.2, 0.25) is 0 Å². The smallest absolute Gasteiger partial charge is 0.329 e. The Labute approximate surface area is 356 Å². The normalized spacial score (nSPS) is 24.9. The van der Waals surface area contributed by atoms with Crippen LogP contribution in [0.3, 0.4) is 0 Å².